The average Bonchev–Trinajstić information content (AvgIpc) is 2.85. The number of rotatable bonds is 3. The zero-order valence-corrected chi connectivity index (χ0v) is 8.15. The Morgan fingerprint density at radius 3 is 2.87 bits per heavy atom. The quantitative estimate of drug-likeness (QED) is 0.426. The molecule has 0 radical (unpaired) electrons. The molecule has 0 unspecified atom stereocenters. The molecular weight excluding hydrogens is 198 g/mol. The van der Waals surface area contributed by atoms with Crippen molar-refractivity contribution in [2.75, 3.05) is 7.11 Å². The van der Waals surface area contributed by atoms with E-state index in [1.165, 1.54) is 19.3 Å². The van der Waals surface area contributed by atoms with E-state index in [4.69, 9.17) is 4.42 Å². The molecular formula is C10H9NO4. The van der Waals surface area contributed by atoms with Crippen LogP contribution in [0.15, 0.2) is 21.5 Å². The fourth-order valence-corrected chi connectivity index (χ4v) is 1.42. The van der Waals surface area contributed by atoms with Gasteiger partial charge in [0.15, 0.2) is 0 Å². The van der Waals surface area contributed by atoms with Crippen molar-refractivity contribution in [2.45, 2.75) is 18.4 Å². The minimum atomic E-state index is -0.575. The summed E-state index contributed by atoms with van der Waals surface area (Å²) in [5.41, 5.74) is -0.575. The highest BCUT2D eigenvalue weighted by molar-refractivity contribution is 5.86. The van der Waals surface area contributed by atoms with Gasteiger partial charge in [0.05, 0.1) is 7.11 Å². The third-order valence-electron chi connectivity index (χ3n) is 2.43. The molecule has 1 aliphatic carbocycles. The Morgan fingerprint density at radius 2 is 2.33 bits per heavy atom. The fraction of sp³-hybridized carbons (Fsp3) is 0.400. The van der Waals surface area contributed by atoms with Crippen LogP contribution in [0.5, 0.6) is 0 Å². The summed E-state index contributed by atoms with van der Waals surface area (Å²) in [6, 6.07) is 3.15. The van der Waals surface area contributed by atoms with Crippen LogP contribution in [0.4, 0.5) is 0 Å². The van der Waals surface area contributed by atoms with Crippen molar-refractivity contribution in [2.24, 2.45) is 4.99 Å². The van der Waals surface area contributed by atoms with Crippen molar-refractivity contribution in [3.05, 3.63) is 23.7 Å². The second kappa shape index (κ2) is 3.37. The molecule has 1 aromatic rings. The minimum Gasteiger partial charge on any atom is -0.463 e. The number of hydrogen-bond donors (Lipinski definition) is 0. The van der Waals surface area contributed by atoms with Gasteiger partial charge in [-0.15, -0.1) is 0 Å². The van der Waals surface area contributed by atoms with E-state index in [1.807, 2.05) is 0 Å². The van der Waals surface area contributed by atoms with Gasteiger partial charge in [-0.05, 0) is 25.0 Å². The molecule has 0 atom stereocenters. The van der Waals surface area contributed by atoms with Gasteiger partial charge in [0, 0.05) is 0 Å². The van der Waals surface area contributed by atoms with Gasteiger partial charge in [-0.25, -0.2) is 9.59 Å². The average molecular weight is 207 g/mol. The highest BCUT2D eigenvalue weighted by atomic mass is 16.5. The molecule has 1 aromatic heterocycles. The first-order valence-electron chi connectivity index (χ1n) is 4.49. The third-order valence-corrected chi connectivity index (χ3v) is 2.43. The van der Waals surface area contributed by atoms with Crippen LogP contribution < -0.4 is 0 Å². The number of carbonyl (C=O) groups is 1. The second-order valence-corrected chi connectivity index (χ2v) is 3.39. The number of methoxy groups -OCH3 is 1. The van der Waals surface area contributed by atoms with Crippen molar-refractivity contribution in [3.63, 3.8) is 0 Å². The minimum absolute atomic E-state index is 0.125. The van der Waals surface area contributed by atoms with E-state index in [1.54, 1.807) is 6.07 Å². The van der Waals surface area contributed by atoms with Crippen LogP contribution in [0.1, 0.15) is 29.2 Å². The molecule has 0 aromatic carbocycles. The van der Waals surface area contributed by atoms with Crippen LogP contribution in [0.25, 0.3) is 0 Å². The number of aliphatic imine (C=N–C) groups is 1. The number of esters is 1. The molecule has 1 saturated carbocycles. The lowest BCUT2D eigenvalue weighted by molar-refractivity contribution is 0.0562. The maximum Gasteiger partial charge on any atom is 0.373 e. The largest absolute Gasteiger partial charge is 0.463 e. The summed E-state index contributed by atoms with van der Waals surface area (Å²) in [6.45, 7) is 0. The van der Waals surface area contributed by atoms with E-state index in [0.29, 0.717) is 5.76 Å². The summed E-state index contributed by atoms with van der Waals surface area (Å²) in [6.07, 6.45) is 3.01. The number of carbonyl (C=O) groups excluding carboxylic acids is 2. The topological polar surface area (TPSA) is 68.9 Å². The molecule has 0 amide bonds. The van der Waals surface area contributed by atoms with Crippen LogP contribution in [0, 0.1) is 0 Å². The molecule has 1 heterocycles. The van der Waals surface area contributed by atoms with Gasteiger partial charge in [-0.3, -0.25) is 0 Å². The maximum atomic E-state index is 11.1. The highest BCUT2D eigenvalue weighted by Gasteiger charge is 2.48. The SMILES string of the molecule is COC(=O)c1ccc(C2(N=C=O)CC2)o1. The Balaban J connectivity index is 2.28. The molecule has 0 N–H and O–H groups in total. The molecule has 2 rings (SSSR count). The van der Waals surface area contributed by atoms with Gasteiger partial charge < -0.3 is 9.15 Å². The van der Waals surface area contributed by atoms with E-state index in [9.17, 15) is 9.59 Å². The monoisotopic (exact) mass is 207 g/mol. The predicted molar refractivity (Wildman–Crippen MR) is 49.1 cm³/mol. The molecule has 78 valence electrons. The normalized spacial score (nSPS) is 16.6. The van der Waals surface area contributed by atoms with Gasteiger partial charge >= 0.3 is 5.97 Å². The van der Waals surface area contributed by atoms with E-state index in [2.05, 4.69) is 9.73 Å². The summed E-state index contributed by atoms with van der Waals surface area (Å²) in [7, 11) is 1.28. The molecule has 0 aliphatic heterocycles. The summed E-state index contributed by atoms with van der Waals surface area (Å²) < 4.78 is 9.77. The van der Waals surface area contributed by atoms with Crippen LogP contribution >= 0.6 is 0 Å². The molecule has 5 nitrogen and oxygen atoms in total. The lowest BCUT2D eigenvalue weighted by atomic mass is 10.2. The second-order valence-electron chi connectivity index (χ2n) is 3.39. The Hall–Kier alpha value is -1.87. The predicted octanol–water partition coefficient (Wildman–Crippen LogP) is 1.39. The molecule has 0 saturated heterocycles. The van der Waals surface area contributed by atoms with Crippen LogP contribution in [0.2, 0.25) is 0 Å². The van der Waals surface area contributed by atoms with Crippen LogP contribution in [0.3, 0.4) is 0 Å². The van der Waals surface area contributed by atoms with E-state index in [-0.39, 0.29) is 5.76 Å². The van der Waals surface area contributed by atoms with Gasteiger partial charge in [0.25, 0.3) is 0 Å². The summed E-state index contributed by atoms with van der Waals surface area (Å²) in [5, 5.41) is 0. The summed E-state index contributed by atoms with van der Waals surface area (Å²) in [4.78, 5) is 25.0. The Bertz CT molecular complexity index is 438. The maximum absolute atomic E-state index is 11.1. The standard InChI is InChI=1S/C10H9NO4/c1-14-9(13)7-2-3-8(15-7)10(4-5-10)11-6-12/h2-3H,4-5H2,1H3. The number of ether oxygens (including phenoxy) is 1. The zero-order chi connectivity index (χ0) is 10.9. The smallest absolute Gasteiger partial charge is 0.373 e. The first-order valence-corrected chi connectivity index (χ1v) is 4.49. The lowest BCUT2D eigenvalue weighted by Crippen LogP contribution is -2.01. The van der Waals surface area contributed by atoms with Gasteiger partial charge in [0.1, 0.15) is 11.3 Å². The Labute approximate surface area is 85.7 Å². The van der Waals surface area contributed by atoms with Crippen molar-refractivity contribution in [1.29, 1.82) is 0 Å². The highest BCUT2D eigenvalue weighted by Crippen LogP contribution is 2.49. The molecule has 1 fully saturated rings. The first kappa shape index (κ1) is 9.68. The van der Waals surface area contributed by atoms with Crippen molar-refractivity contribution in [3.8, 4) is 0 Å². The fourth-order valence-electron chi connectivity index (χ4n) is 1.42. The lowest BCUT2D eigenvalue weighted by Gasteiger charge is -2.01. The number of nitrogens with zero attached hydrogens (tertiary/aromatic N) is 1. The van der Waals surface area contributed by atoms with Gasteiger partial charge in [-0.2, -0.15) is 4.99 Å². The number of hydrogen-bond acceptors (Lipinski definition) is 5. The van der Waals surface area contributed by atoms with E-state index < -0.39 is 11.5 Å². The molecule has 0 spiro atoms. The van der Waals surface area contributed by atoms with Crippen molar-refractivity contribution < 1.29 is 18.7 Å². The molecule has 15 heavy (non-hydrogen) atoms. The molecule has 0 bridgehead atoms. The summed E-state index contributed by atoms with van der Waals surface area (Å²) in [5.74, 6) is 0.109. The first-order chi connectivity index (χ1) is 7.22. The number of isocyanates is 1. The van der Waals surface area contributed by atoms with Crippen LogP contribution in [-0.2, 0) is 15.1 Å². The van der Waals surface area contributed by atoms with Crippen molar-refractivity contribution >= 4 is 12.0 Å². The van der Waals surface area contributed by atoms with E-state index >= 15 is 0 Å². The van der Waals surface area contributed by atoms with Gasteiger partial charge in [-0.1, -0.05) is 0 Å². The molecule has 1 aliphatic rings. The Morgan fingerprint density at radius 1 is 1.60 bits per heavy atom. The summed E-state index contributed by atoms with van der Waals surface area (Å²) >= 11 is 0. The zero-order valence-electron chi connectivity index (χ0n) is 8.15. The number of furan rings is 1. The molecule has 5 heteroatoms. The van der Waals surface area contributed by atoms with E-state index in [0.717, 1.165) is 12.8 Å². The van der Waals surface area contributed by atoms with Gasteiger partial charge in [0.2, 0.25) is 11.8 Å². The van der Waals surface area contributed by atoms with Crippen molar-refractivity contribution in [1.82, 2.24) is 0 Å². The Kier molecular flexibility index (Phi) is 2.17. The van der Waals surface area contributed by atoms with Crippen LogP contribution in [-0.4, -0.2) is 19.2 Å². The third kappa shape index (κ3) is 1.57.